The maximum Gasteiger partial charge on any atom is 0.330 e. The Balaban J connectivity index is 1.56. The van der Waals surface area contributed by atoms with E-state index in [1.807, 2.05) is 48.5 Å². The van der Waals surface area contributed by atoms with Gasteiger partial charge in [0.05, 0.1) is 37.8 Å². The van der Waals surface area contributed by atoms with Crippen molar-refractivity contribution in [3.8, 4) is 11.5 Å². The van der Waals surface area contributed by atoms with Crippen LogP contribution in [0.15, 0.2) is 71.4 Å². The second-order valence-electron chi connectivity index (χ2n) is 8.66. The highest BCUT2D eigenvalue weighted by Gasteiger charge is 2.00. The molecular formula is C30H40N2O6. The van der Waals surface area contributed by atoms with Crippen LogP contribution in [-0.4, -0.2) is 38.4 Å². The van der Waals surface area contributed by atoms with Crippen molar-refractivity contribution in [3.63, 3.8) is 0 Å². The smallest absolute Gasteiger partial charge is 0.330 e. The van der Waals surface area contributed by atoms with Crippen molar-refractivity contribution in [1.82, 2.24) is 0 Å². The zero-order valence-electron chi connectivity index (χ0n) is 22.4. The monoisotopic (exact) mass is 524 g/mol. The first-order valence-electron chi connectivity index (χ1n) is 13.4. The van der Waals surface area contributed by atoms with Crippen LogP contribution in [0.25, 0.3) is 0 Å². The fourth-order valence-corrected chi connectivity index (χ4v) is 3.35. The first kappa shape index (κ1) is 30.5. The highest BCUT2D eigenvalue weighted by Crippen LogP contribution is 2.23. The lowest BCUT2D eigenvalue weighted by atomic mass is 10.2. The fraction of sp³-hybridized carbons (Fsp3) is 0.467. The lowest BCUT2D eigenvalue weighted by molar-refractivity contribution is -0.143. The van der Waals surface area contributed by atoms with E-state index in [-0.39, 0.29) is 11.9 Å². The number of hydrogen-bond acceptors (Lipinski definition) is 8. The molecule has 0 bridgehead atoms. The summed E-state index contributed by atoms with van der Waals surface area (Å²) in [5.41, 5.74) is 1.50. The van der Waals surface area contributed by atoms with Gasteiger partial charge in [-0.2, -0.15) is 10.2 Å². The Hall–Kier alpha value is -3.68. The van der Waals surface area contributed by atoms with Crippen LogP contribution in [0.1, 0.15) is 64.7 Å². The van der Waals surface area contributed by atoms with E-state index in [9.17, 15) is 9.59 Å². The molecule has 0 aliphatic carbocycles. The third-order valence-corrected chi connectivity index (χ3v) is 5.53. The molecule has 0 aromatic heterocycles. The molecule has 2 aromatic carbocycles. The van der Waals surface area contributed by atoms with Gasteiger partial charge in [-0.3, -0.25) is 4.79 Å². The van der Waals surface area contributed by atoms with Crippen LogP contribution < -0.4 is 9.47 Å². The molecule has 2 rings (SSSR count). The molecule has 2 aromatic rings. The average Bonchev–Trinajstić information content (AvgIpc) is 2.95. The van der Waals surface area contributed by atoms with Gasteiger partial charge in [-0.15, -0.1) is 0 Å². The number of rotatable bonds is 20. The summed E-state index contributed by atoms with van der Waals surface area (Å²) < 4.78 is 21.6. The summed E-state index contributed by atoms with van der Waals surface area (Å²) >= 11 is 0. The molecule has 0 unspecified atom stereocenters. The van der Waals surface area contributed by atoms with Crippen LogP contribution in [0.4, 0.5) is 11.4 Å². The van der Waals surface area contributed by atoms with E-state index in [0.29, 0.717) is 32.8 Å². The molecule has 0 aliphatic rings. The quantitative estimate of drug-likeness (QED) is 0.0763. The number of hydrogen-bond donors (Lipinski definition) is 0. The van der Waals surface area contributed by atoms with Gasteiger partial charge < -0.3 is 18.9 Å². The van der Waals surface area contributed by atoms with Crippen molar-refractivity contribution in [2.45, 2.75) is 64.7 Å². The SMILES string of the molecule is C=CC(=O)OCCCCCCOc1ccc(N=Nc2ccc(OCCCCCCOC(=O)CC)cc2)cc1. The van der Waals surface area contributed by atoms with E-state index in [1.54, 1.807) is 6.92 Å². The predicted octanol–water partition coefficient (Wildman–Crippen LogP) is 7.66. The number of esters is 2. The molecule has 0 heterocycles. The summed E-state index contributed by atoms with van der Waals surface area (Å²) in [5.74, 6) is 1.09. The molecule has 0 saturated heterocycles. The van der Waals surface area contributed by atoms with Gasteiger partial charge in [0.25, 0.3) is 0 Å². The van der Waals surface area contributed by atoms with Crippen molar-refractivity contribution in [2.75, 3.05) is 26.4 Å². The van der Waals surface area contributed by atoms with Gasteiger partial charge in [-0.1, -0.05) is 13.5 Å². The van der Waals surface area contributed by atoms with Gasteiger partial charge >= 0.3 is 11.9 Å². The predicted molar refractivity (Wildman–Crippen MR) is 147 cm³/mol. The van der Waals surface area contributed by atoms with E-state index in [1.165, 1.54) is 6.08 Å². The zero-order chi connectivity index (χ0) is 27.3. The van der Waals surface area contributed by atoms with Crippen LogP contribution >= 0.6 is 0 Å². The molecule has 0 amide bonds. The molecule has 0 radical (unpaired) electrons. The molecule has 0 saturated carbocycles. The second kappa shape index (κ2) is 19.4. The van der Waals surface area contributed by atoms with Crippen LogP contribution in [0.3, 0.4) is 0 Å². The highest BCUT2D eigenvalue weighted by atomic mass is 16.5. The second-order valence-corrected chi connectivity index (χ2v) is 8.66. The zero-order valence-corrected chi connectivity index (χ0v) is 22.4. The number of nitrogens with zero attached hydrogens (tertiary/aromatic N) is 2. The number of carbonyl (C=O) groups excluding carboxylic acids is 2. The molecule has 8 heteroatoms. The van der Waals surface area contributed by atoms with Crippen molar-refractivity contribution in [3.05, 3.63) is 61.2 Å². The lowest BCUT2D eigenvalue weighted by Gasteiger charge is -2.07. The molecule has 0 N–H and O–H groups in total. The van der Waals surface area contributed by atoms with Gasteiger partial charge in [0.15, 0.2) is 0 Å². The number of unbranched alkanes of at least 4 members (excludes halogenated alkanes) is 6. The number of carbonyl (C=O) groups is 2. The Labute approximate surface area is 226 Å². The fourth-order valence-electron chi connectivity index (χ4n) is 3.35. The van der Waals surface area contributed by atoms with E-state index < -0.39 is 0 Å². The van der Waals surface area contributed by atoms with Crippen LogP contribution in [0.5, 0.6) is 11.5 Å². The summed E-state index contributed by atoms with van der Waals surface area (Å²) in [6, 6.07) is 15.1. The summed E-state index contributed by atoms with van der Waals surface area (Å²) in [6.45, 7) is 7.39. The van der Waals surface area contributed by atoms with Crippen LogP contribution in [0.2, 0.25) is 0 Å². The minimum Gasteiger partial charge on any atom is -0.494 e. The van der Waals surface area contributed by atoms with Crippen molar-refractivity contribution in [2.24, 2.45) is 10.2 Å². The average molecular weight is 525 g/mol. The Morgan fingerprint density at radius 1 is 0.658 bits per heavy atom. The topological polar surface area (TPSA) is 95.8 Å². The molecule has 206 valence electrons. The minimum atomic E-state index is -0.372. The van der Waals surface area contributed by atoms with Gasteiger partial charge in [0.2, 0.25) is 0 Å². The van der Waals surface area contributed by atoms with Crippen molar-refractivity contribution < 1.29 is 28.5 Å². The summed E-state index contributed by atoms with van der Waals surface area (Å²) in [7, 11) is 0. The molecule has 0 fully saturated rings. The lowest BCUT2D eigenvalue weighted by Crippen LogP contribution is -2.04. The van der Waals surface area contributed by atoms with Crippen LogP contribution in [0, 0.1) is 0 Å². The molecule has 0 spiro atoms. The van der Waals surface area contributed by atoms with Crippen LogP contribution in [-0.2, 0) is 19.1 Å². The Morgan fingerprint density at radius 2 is 1.08 bits per heavy atom. The van der Waals surface area contributed by atoms with Gasteiger partial charge in [0, 0.05) is 12.5 Å². The van der Waals surface area contributed by atoms with E-state index in [0.717, 1.165) is 74.2 Å². The Morgan fingerprint density at radius 3 is 1.50 bits per heavy atom. The van der Waals surface area contributed by atoms with Gasteiger partial charge in [-0.25, -0.2) is 4.79 Å². The van der Waals surface area contributed by atoms with Crippen molar-refractivity contribution >= 4 is 23.3 Å². The maximum absolute atomic E-state index is 11.1. The summed E-state index contributed by atoms with van der Waals surface area (Å²) in [5, 5.41) is 8.57. The van der Waals surface area contributed by atoms with E-state index >= 15 is 0 Å². The molecule has 38 heavy (non-hydrogen) atoms. The minimum absolute atomic E-state index is 0.137. The number of azo groups is 1. The first-order chi connectivity index (χ1) is 18.6. The Kier molecular flexibility index (Phi) is 15.6. The van der Waals surface area contributed by atoms with E-state index in [4.69, 9.17) is 18.9 Å². The summed E-state index contributed by atoms with van der Waals surface area (Å²) in [6.07, 6.45) is 9.29. The number of ether oxygens (including phenoxy) is 4. The maximum atomic E-state index is 11.1. The standard InChI is InChI=1S/C30H40N2O6/c1-3-29(33)37-23-11-7-5-9-21-35-27-17-13-25(14-18-27)31-32-26-15-19-28(20-16-26)36-22-10-6-8-12-24-38-30(34)4-2/h3,13-20H,1,4-12,21-24H2,2H3. The van der Waals surface area contributed by atoms with Crippen molar-refractivity contribution in [1.29, 1.82) is 0 Å². The largest absolute Gasteiger partial charge is 0.494 e. The molecule has 0 atom stereocenters. The normalized spacial score (nSPS) is 10.8. The third kappa shape index (κ3) is 14.2. The van der Waals surface area contributed by atoms with E-state index in [2.05, 4.69) is 16.8 Å². The number of benzene rings is 2. The molecule has 0 aliphatic heterocycles. The van der Waals surface area contributed by atoms with Gasteiger partial charge in [-0.05, 0) is 99.9 Å². The Bertz CT molecular complexity index is 973. The first-order valence-corrected chi connectivity index (χ1v) is 13.4. The van der Waals surface area contributed by atoms with Gasteiger partial charge in [0.1, 0.15) is 11.5 Å². The molecule has 8 nitrogen and oxygen atoms in total. The highest BCUT2D eigenvalue weighted by molar-refractivity contribution is 5.81. The third-order valence-electron chi connectivity index (χ3n) is 5.53. The molecular weight excluding hydrogens is 484 g/mol. The summed E-state index contributed by atoms with van der Waals surface area (Å²) in [4.78, 5) is 22.0.